The summed E-state index contributed by atoms with van der Waals surface area (Å²) < 4.78 is 0. The number of hydrogen-bond acceptors (Lipinski definition) is 1. The fourth-order valence-corrected chi connectivity index (χ4v) is 1.49. The van der Waals surface area contributed by atoms with Crippen LogP contribution in [-0.4, -0.2) is 5.78 Å². The number of benzene rings is 2. The van der Waals surface area contributed by atoms with Crippen LogP contribution in [0.2, 0.25) is 0 Å². The van der Waals surface area contributed by atoms with Crippen LogP contribution in [0.1, 0.15) is 21.5 Å². The van der Waals surface area contributed by atoms with Crippen LogP contribution in [0.4, 0.5) is 0 Å². The van der Waals surface area contributed by atoms with Crippen molar-refractivity contribution < 1.29 is 4.79 Å². The van der Waals surface area contributed by atoms with Crippen LogP contribution in [0.5, 0.6) is 0 Å². The molecule has 0 bridgehead atoms. The minimum absolute atomic E-state index is 0.209. The summed E-state index contributed by atoms with van der Waals surface area (Å²) in [5.74, 6) is 10.5. The fourth-order valence-electron chi connectivity index (χ4n) is 1.49. The topological polar surface area (TPSA) is 17.1 Å². The van der Waals surface area contributed by atoms with Crippen molar-refractivity contribution in [2.45, 2.75) is 6.92 Å². The number of hydrogen-bond donors (Lipinski definition) is 0. The lowest BCUT2D eigenvalue weighted by molar-refractivity contribution is 0.105. The Hall–Kier alpha value is -2.77. The molecule has 0 atom stereocenters. The average molecular weight is 244 g/mol. The van der Waals surface area contributed by atoms with E-state index >= 15 is 0 Å². The number of ketones is 1. The first-order chi connectivity index (χ1) is 9.25. The zero-order chi connectivity index (χ0) is 13.5. The van der Waals surface area contributed by atoms with Crippen molar-refractivity contribution in [2.24, 2.45) is 0 Å². The molecular formula is C18H12O. The number of aryl methyl sites for hydroxylation is 1. The molecule has 0 aromatic heterocycles. The first-order valence-electron chi connectivity index (χ1n) is 5.94. The Balaban J connectivity index is 2.06. The molecule has 0 saturated carbocycles. The Labute approximate surface area is 113 Å². The smallest absolute Gasteiger partial charge is 0.236 e. The van der Waals surface area contributed by atoms with Crippen LogP contribution < -0.4 is 0 Å². The summed E-state index contributed by atoms with van der Waals surface area (Å²) in [6.07, 6.45) is 0. The average Bonchev–Trinajstić information content (AvgIpc) is 2.46. The highest BCUT2D eigenvalue weighted by molar-refractivity contribution is 6.09. The van der Waals surface area contributed by atoms with Crippen LogP contribution in [0.15, 0.2) is 54.6 Å². The molecule has 0 N–H and O–H groups in total. The normalized spacial score (nSPS) is 8.68. The molecule has 0 amide bonds. The fraction of sp³-hybridized carbons (Fsp3) is 0.0556. The molecule has 90 valence electrons. The maximum atomic E-state index is 11.7. The standard InChI is InChI=1S/C18H12O/c1-15-11-13-16(14-12-15)7-5-6-10-18(19)17-8-3-2-4-9-17/h2-4,8-9,11-14H,1H3. The molecule has 0 aliphatic heterocycles. The summed E-state index contributed by atoms with van der Waals surface area (Å²) in [5, 5.41) is 0. The summed E-state index contributed by atoms with van der Waals surface area (Å²) in [6.45, 7) is 2.02. The SMILES string of the molecule is Cc1ccc(C#CC#CC(=O)c2ccccc2)cc1. The lowest BCUT2D eigenvalue weighted by Gasteiger charge is -1.90. The first-order valence-corrected chi connectivity index (χ1v) is 5.94. The van der Waals surface area contributed by atoms with E-state index in [1.54, 1.807) is 12.1 Å². The molecule has 0 unspecified atom stereocenters. The number of carbonyl (C=O) groups is 1. The Bertz CT molecular complexity index is 687. The molecule has 0 heterocycles. The lowest BCUT2D eigenvalue weighted by atomic mass is 10.1. The molecule has 1 heteroatoms. The van der Waals surface area contributed by atoms with Gasteiger partial charge in [-0.3, -0.25) is 4.79 Å². The van der Waals surface area contributed by atoms with Gasteiger partial charge in [-0.15, -0.1) is 0 Å². The van der Waals surface area contributed by atoms with E-state index in [0.29, 0.717) is 5.56 Å². The Kier molecular flexibility index (Phi) is 4.17. The maximum Gasteiger partial charge on any atom is 0.236 e. The van der Waals surface area contributed by atoms with Gasteiger partial charge in [0.1, 0.15) is 0 Å². The van der Waals surface area contributed by atoms with Crippen LogP contribution in [0.25, 0.3) is 0 Å². The highest BCUT2D eigenvalue weighted by Gasteiger charge is 1.98. The van der Waals surface area contributed by atoms with Gasteiger partial charge in [-0.2, -0.15) is 0 Å². The Morgan fingerprint density at radius 2 is 1.58 bits per heavy atom. The zero-order valence-electron chi connectivity index (χ0n) is 10.6. The van der Waals surface area contributed by atoms with Gasteiger partial charge in [0.2, 0.25) is 5.78 Å². The number of rotatable bonds is 1. The van der Waals surface area contributed by atoms with Crippen molar-refractivity contribution in [1.29, 1.82) is 0 Å². The summed E-state index contributed by atoms with van der Waals surface area (Å²) in [4.78, 5) is 11.7. The Morgan fingerprint density at radius 1 is 0.895 bits per heavy atom. The van der Waals surface area contributed by atoms with Gasteiger partial charge in [0, 0.05) is 11.1 Å². The maximum absolute atomic E-state index is 11.7. The van der Waals surface area contributed by atoms with E-state index in [1.165, 1.54) is 5.56 Å². The van der Waals surface area contributed by atoms with Gasteiger partial charge in [0.25, 0.3) is 0 Å². The monoisotopic (exact) mass is 244 g/mol. The second-order valence-electron chi connectivity index (χ2n) is 4.06. The minimum atomic E-state index is -0.209. The highest BCUT2D eigenvalue weighted by atomic mass is 16.1. The van der Waals surface area contributed by atoms with E-state index in [2.05, 4.69) is 23.7 Å². The van der Waals surface area contributed by atoms with Crippen molar-refractivity contribution in [3.63, 3.8) is 0 Å². The lowest BCUT2D eigenvalue weighted by Crippen LogP contribution is -1.93. The van der Waals surface area contributed by atoms with Gasteiger partial charge in [-0.05, 0) is 36.8 Å². The van der Waals surface area contributed by atoms with E-state index in [1.807, 2.05) is 49.4 Å². The molecular weight excluding hydrogens is 232 g/mol. The molecule has 0 aliphatic rings. The minimum Gasteiger partial charge on any atom is -0.279 e. The highest BCUT2D eigenvalue weighted by Crippen LogP contribution is 2.01. The van der Waals surface area contributed by atoms with E-state index in [9.17, 15) is 4.79 Å². The van der Waals surface area contributed by atoms with Gasteiger partial charge in [0.15, 0.2) is 0 Å². The predicted molar refractivity (Wildman–Crippen MR) is 76.6 cm³/mol. The summed E-state index contributed by atoms with van der Waals surface area (Å²) in [5.41, 5.74) is 2.68. The largest absolute Gasteiger partial charge is 0.279 e. The molecule has 0 fully saturated rings. The predicted octanol–water partition coefficient (Wildman–Crippen LogP) is 3.23. The number of carbonyl (C=O) groups excluding carboxylic acids is 1. The van der Waals surface area contributed by atoms with Crippen LogP contribution in [0.3, 0.4) is 0 Å². The molecule has 0 radical (unpaired) electrons. The first kappa shape index (κ1) is 12.7. The second kappa shape index (κ2) is 6.24. The summed E-state index contributed by atoms with van der Waals surface area (Å²) >= 11 is 0. The van der Waals surface area contributed by atoms with Crippen molar-refractivity contribution in [1.82, 2.24) is 0 Å². The molecule has 0 aliphatic carbocycles. The molecule has 2 aromatic carbocycles. The Morgan fingerprint density at radius 3 is 2.26 bits per heavy atom. The summed E-state index contributed by atoms with van der Waals surface area (Å²) in [7, 11) is 0. The van der Waals surface area contributed by atoms with Gasteiger partial charge >= 0.3 is 0 Å². The molecule has 0 spiro atoms. The third kappa shape index (κ3) is 3.87. The van der Waals surface area contributed by atoms with Gasteiger partial charge < -0.3 is 0 Å². The van der Waals surface area contributed by atoms with E-state index in [4.69, 9.17) is 0 Å². The van der Waals surface area contributed by atoms with Crippen molar-refractivity contribution in [3.8, 4) is 23.7 Å². The van der Waals surface area contributed by atoms with Crippen LogP contribution in [0, 0.1) is 30.6 Å². The van der Waals surface area contributed by atoms with Gasteiger partial charge in [-0.25, -0.2) is 0 Å². The summed E-state index contributed by atoms with van der Waals surface area (Å²) in [6, 6.07) is 16.8. The van der Waals surface area contributed by atoms with Crippen molar-refractivity contribution in [2.75, 3.05) is 0 Å². The van der Waals surface area contributed by atoms with E-state index < -0.39 is 0 Å². The molecule has 2 rings (SSSR count). The van der Waals surface area contributed by atoms with E-state index in [0.717, 1.165) is 5.56 Å². The van der Waals surface area contributed by atoms with Crippen molar-refractivity contribution >= 4 is 5.78 Å². The molecule has 0 saturated heterocycles. The second-order valence-corrected chi connectivity index (χ2v) is 4.06. The quantitative estimate of drug-likeness (QED) is 0.427. The molecule has 1 nitrogen and oxygen atoms in total. The molecule has 2 aromatic rings. The third-order valence-electron chi connectivity index (χ3n) is 2.53. The number of Topliss-reactive ketones (excluding diaryl/α,β-unsaturated/α-hetero) is 1. The van der Waals surface area contributed by atoms with Crippen LogP contribution >= 0.6 is 0 Å². The third-order valence-corrected chi connectivity index (χ3v) is 2.53. The molecule has 19 heavy (non-hydrogen) atoms. The van der Waals surface area contributed by atoms with Gasteiger partial charge in [0.05, 0.1) is 0 Å². The van der Waals surface area contributed by atoms with Crippen LogP contribution in [-0.2, 0) is 0 Å². The zero-order valence-corrected chi connectivity index (χ0v) is 10.6. The van der Waals surface area contributed by atoms with Gasteiger partial charge in [-0.1, -0.05) is 53.9 Å². The van der Waals surface area contributed by atoms with Crippen molar-refractivity contribution in [3.05, 3.63) is 71.3 Å². The van der Waals surface area contributed by atoms with E-state index in [-0.39, 0.29) is 5.78 Å².